The fourth-order valence-corrected chi connectivity index (χ4v) is 2.29. The number of carbonyl (C=O) groups is 2. The van der Waals surface area contributed by atoms with Crippen LogP contribution >= 0.6 is 0 Å². The molecule has 22 heavy (non-hydrogen) atoms. The van der Waals surface area contributed by atoms with Gasteiger partial charge in [-0.2, -0.15) is 0 Å². The van der Waals surface area contributed by atoms with Crippen LogP contribution in [0.5, 0.6) is 5.75 Å². The van der Waals surface area contributed by atoms with Gasteiger partial charge in [0.2, 0.25) is 0 Å². The van der Waals surface area contributed by atoms with Crippen LogP contribution < -0.4 is 4.74 Å². The smallest absolute Gasteiger partial charge is 0.323 e. The molecule has 1 aliphatic rings. The van der Waals surface area contributed by atoms with E-state index in [9.17, 15) is 14.0 Å². The summed E-state index contributed by atoms with van der Waals surface area (Å²) in [5.41, 5.74) is 1.85. The van der Waals surface area contributed by atoms with Gasteiger partial charge in [-0.05, 0) is 36.1 Å². The topological polar surface area (TPSA) is 66.8 Å². The Bertz CT molecular complexity index is 612. The summed E-state index contributed by atoms with van der Waals surface area (Å²) in [5, 5.41) is 8.83. The number of carbonyl (C=O) groups excluding carboxylic acids is 1. The maximum absolute atomic E-state index is 12.5. The summed E-state index contributed by atoms with van der Waals surface area (Å²) in [5.74, 6) is -0.882. The normalized spacial score (nSPS) is 14.7. The number of nitrogens with zero attached hydrogens (tertiary/aromatic N) is 1. The van der Waals surface area contributed by atoms with Crippen LogP contribution in [0.2, 0.25) is 0 Å². The molecule has 0 radical (unpaired) electrons. The number of aliphatic carboxylic acids is 1. The first-order chi connectivity index (χ1) is 10.5. The standard InChI is InChI=1S/C16H18FNO4/c1-2-11(8-17)10-22-13-4-3-12-5-6-18(9-15(19)20)16(21)14(12)7-13/h3-4,7-8H,2,5-6,9-10H2,1H3,(H,19,20)/b11-8-. The van der Waals surface area contributed by atoms with Crippen molar-refractivity contribution in [2.45, 2.75) is 19.8 Å². The highest BCUT2D eigenvalue weighted by Gasteiger charge is 2.26. The zero-order valence-electron chi connectivity index (χ0n) is 12.3. The predicted molar refractivity (Wildman–Crippen MR) is 78.7 cm³/mol. The van der Waals surface area contributed by atoms with Gasteiger partial charge in [0.1, 0.15) is 18.9 Å². The Balaban J connectivity index is 2.14. The number of ether oxygens (including phenoxy) is 1. The lowest BCUT2D eigenvalue weighted by Gasteiger charge is -2.27. The van der Waals surface area contributed by atoms with E-state index in [2.05, 4.69) is 0 Å². The molecule has 5 nitrogen and oxygen atoms in total. The third kappa shape index (κ3) is 3.63. The van der Waals surface area contributed by atoms with Crippen molar-refractivity contribution in [2.75, 3.05) is 19.7 Å². The highest BCUT2D eigenvalue weighted by Crippen LogP contribution is 2.24. The monoisotopic (exact) mass is 307 g/mol. The van der Waals surface area contributed by atoms with E-state index in [1.165, 1.54) is 4.90 Å². The highest BCUT2D eigenvalue weighted by atomic mass is 19.1. The van der Waals surface area contributed by atoms with E-state index in [0.717, 1.165) is 5.56 Å². The molecule has 0 aromatic heterocycles. The zero-order valence-corrected chi connectivity index (χ0v) is 12.3. The minimum Gasteiger partial charge on any atom is -0.489 e. The van der Waals surface area contributed by atoms with Crippen LogP contribution in [0, 0.1) is 0 Å². The molecular weight excluding hydrogens is 289 g/mol. The largest absolute Gasteiger partial charge is 0.489 e. The Kier molecular flexibility index (Phi) is 5.14. The molecule has 0 unspecified atom stereocenters. The van der Waals surface area contributed by atoms with Gasteiger partial charge < -0.3 is 14.7 Å². The zero-order chi connectivity index (χ0) is 16.1. The summed E-state index contributed by atoms with van der Waals surface area (Å²) < 4.78 is 18.0. The Morgan fingerprint density at radius 2 is 2.27 bits per heavy atom. The molecular formula is C16H18FNO4. The lowest BCUT2D eigenvalue weighted by atomic mass is 9.98. The second-order valence-electron chi connectivity index (χ2n) is 5.10. The molecule has 0 bridgehead atoms. The van der Waals surface area contributed by atoms with Gasteiger partial charge in [0, 0.05) is 12.1 Å². The van der Waals surface area contributed by atoms with E-state index >= 15 is 0 Å². The minimum atomic E-state index is -1.04. The molecule has 0 atom stereocenters. The van der Waals surface area contributed by atoms with Crippen LogP contribution in [0.15, 0.2) is 30.1 Å². The van der Waals surface area contributed by atoms with Crippen molar-refractivity contribution in [3.8, 4) is 5.75 Å². The summed E-state index contributed by atoms with van der Waals surface area (Å²) in [7, 11) is 0. The minimum absolute atomic E-state index is 0.124. The molecule has 0 fully saturated rings. The van der Waals surface area contributed by atoms with Crippen molar-refractivity contribution >= 4 is 11.9 Å². The average Bonchev–Trinajstić information content (AvgIpc) is 2.51. The number of amides is 1. The third-order valence-electron chi connectivity index (χ3n) is 3.61. The molecule has 118 valence electrons. The van der Waals surface area contributed by atoms with Crippen molar-refractivity contribution < 1.29 is 23.8 Å². The van der Waals surface area contributed by atoms with Gasteiger partial charge in [-0.25, -0.2) is 4.39 Å². The molecule has 0 spiro atoms. The molecule has 0 aliphatic carbocycles. The van der Waals surface area contributed by atoms with E-state index in [0.29, 0.717) is 42.6 Å². The maximum Gasteiger partial charge on any atom is 0.323 e. The van der Waals surface area contributed by atoms with Crippen molar-refractivity contribution in [3.05, 3.63) is 41.2 Å². The summed E-state index contributed by atoms with van der Waals surface area (Å²) in [6, 6.07) is 5.13. The molecule has 1 heterocycles. The van der Waals surface area contributed by atoms with Gasteiger partial charge in [-0.1, -0.05) is 13.0 Å². The number of fused-ring (bicyclic) bond motifs is 1. The molecule has 2 rings (SSSR count). The van der Waals surface area contributed by atoms with Crippen LogP contribution in [0.25, 0.3) is 0 Å². The Morgan fingerprint density at radius 1 is 1.50 bits per heavy atom. The summed E-state index contributed by atoms with van der Waals surface area (Å²) in [6.45, 7) is 2.03. The Labute approximate surface area is 128 Å². The van der Waals surface area contributed by atoms with Crippen LogP contribution in [-0.2, 0) is 11.2 Å². The number of benzene rings is 1. The summed E-state index contributed by atoms with van der Waals surface area (Å²) in [4.78, 5) is 24.4. The van der Waals surface area contributed by atoms with E-state index in [1.54, 1.807) is 18.2 Å². The van der Waals surface area contributed by atoms with Gasteiger partial charge in [0.15, 0.2) is 0 Å². The van der Waals surface area contributed by atoms with Gasteiger partial charge in [-0.15, -0.1) is 0 Å². The third-order valence-corrected chi connectivity index (χ3v) is 3.61. The molecule has 0 saturated heterocycles. The van der Waals surface area contributed by atoms with E-state index in [4.69, 9.17) is 9.84 Å². The first-order valence-electron chi connectivity index (χ1n) is 7.10. The molecule has 1 N–H and O–H groups in total. The number of carboxylic acid groups (broad SMARTS) is 1. The lowest BCUT2D eigenvalue weighted by Crippen LogP contribution is -2.40. The fourth-order valence-electron chi connectivity index (χ4n) is 2.29. The quantitative estimate of drug-likeness (QED) is 0.876. The molecule has 1 aromatic rings. The van der Waals surface area contributed by atoms with Crippen molar-refractivity contribution in [1.82, 2.24) is 4.90 Å². The van der Waals surface area contributed by atoms with Gasteiger partial charge >= 0.3 is 5.97 Å². The Morgan fingerprint density at radius 3 is 2.91 bits per heavy atom. The molecule has 1 aliphatic heterocycles. The fraction of sp³-hybridized carbons (Fsp3) is 0.375. The second kappa shape index (κ2) is 7.06. The summed E-state index contributed by atoms with van der Waals surface area (Å²) in [6.07, 6.45) is 1.68. The van der Waals surface area contributed by atoms with Crippen LogP contribution in [-0.4, -0.2) is 41.6 Å². The maximum atomic E-state index is 12.5. The highest BCUT2D eigenvalue weighted by molar-refractivity contribution is 5.98. The number of hydrogen-bond donors (Lipinski definition) is 1. The summed E-state index contributed by atoms with van der Waals surface area (Å²) >= 11 is 0. The van der Waals surface area contributed by atoms with Crippen molar-refractivity contribution in [1.29, 1.82) is 0 Å². The van der Waals surface area contributed by atoms with Gasteiger partial charge in [-0.3, -0.25) is 9.59 Å². The lowest BCUT2D eigenvalue weighted by molar-refractivity contribution is -0.137. The van der Waals surface area contributed by atoms with Crippen molar-refractivity contribution in [3.63, 3.8) is 0 Å². The molecule has 6 heteroatoms. The first kappa shape index (κ1) is 16.0. The predicted octanol–water partition coefficient (Wildman–Crippen LogP) is 2.41. The van der Waals surface area contributed by atoms with E-state index < -0.39 is 5.97 Å². The van der Waals surface area contributed by atoms with E-state index in [-0.39, 0.29) is 19.1 Å². The Hall–Kier alpha value is -2.37. The average molecular weight is 307 g/mol. The van der Waals surface area contributed by atoms with Crippen molar-refractivity contribution in [2.24, 2.45) is 0 Å². The van der Waals surface area contributed by atoms with Crippen LogP contribution in [0.4, 0.5) is 4.39 Å². The van der Waals surface area contributed by atoms with E-state index in [1.807, 2.05) is 6.92 Å². The first-order valence-corrected chi connectivity index (χ1v) is 7.10. The van der Waals surface area contributed by atoms with Gasteiger partial charge in [0.25, 0.3) is 5.91 Å². The molecule has 0 saturated carbocycles. The number of hydrogen-bond acceptors (Lipinski definition) is 3. The molecule has 1 amide bonds. The number of carboxylic acids is 1. The molecule has 1 aromatic carbocycles. The van der Waals surface area contributed by atoms with Crippen LogP contribution in [0.3, 0.4) is 0 Å². The second-order valence-corrected chi connectivity index (χ2v) is 5.10. The van der Waals surface area contributed by atoms with Gasteiger partial charge in [0.05, 0.1) is 6.33 Å². The number of rotatable bonds is 6. The van der Waals surface area contributed by atoms with Crippen LogP contribution in [0.1, 0.15) is 29.3 Å². The number of halogens is 1. The SMILES string of the molecule is CC/C(=C/F)COc1ccc2c(c1)C(=O)N(CC(=O)O)CC2.